The van der Waals surface area contributed by atoms with Crippen molar-refractivity contribution in [1.82, 2.24) is 47.9 Å². The molecule has 89 heavy (non-hydrogen) atoms. The zero-order chi connectivity index (χ0) is 67.9. The fourth-order valence-corrected chi connectivity index (χ4v) is 7.70. The van der Waals surface area contributed by atoms with Gasteiger partial charge in [-0.25, -0.2) is 4.79 Å². The molecular weight excluding hydrogens is 1190 g/mol. The summed E-state index contributed by atoms with van der Waals surface area (Å²) in [5.41, 5.74) is 33.1. The Balaban J connectivity index is 7.10. The first kappa shape index (κ1) is 79.4. The molecule has 0 aromatic carbocycles. The number of aliphatic hydroxyl groups excluding tert-OH is 2. The van der Waals surface area contributed by atoms with E-state index >= 15 is 0 Å². The molecule has 0 aromatic heterocycles. The van der Waals surface area contributed by atoms with Crippen molar-refractivity contribution in [2.24, 2.45) is 44.4 Å². The molecule has 40 heteroatoms. The standard InChI is InChI=1S/C49H83N17O23/c50-18-2-1-5-24(58-38(79)23(51)8-13-33(69)70)39(80)61-27(9-14-34(71)72)42(83)63-29(11-16-36(75)76)44(85)65-31(21-67)45(86)60-26(7-4-20-57-49(54)55)40(81)59-25(6-3-19-56-48(52)53)41(82)62-28(10-15-35(73)74)43(84)66-32(22-68)46(87)64-30(47(88)89)12-17-37(77)78/h23-32,67-68H,1-22,50-51H2,(H,58,79)(H,59,81)(H,60,86)(H,61,80)(H,62,82)(H,63,83)(H,64,87)(H,65,85)(H,66,84)(H,69,70)(H,71,72)(H,73,74)(H,75,76)(H,77,78)(H,88,89)(H4,52,53,56)(H4,54,55,57)/t23-,24-,25-,26-,27-,28-,29-,30-,31-,32-/m0/s1. The average molecular weight is 1280 g/mol. The first-order valence-electron chi connectivity index (χ1n) is 27.6. The normalized spacial score (nSPS) is 14.2. The summed E-state index contributed by atoms with van der Waals surface area (Å²) in [7, 11) is 0. The molecular formula is C49H83N17O23. The highest BCUT2D eigenvalue weighted by Gasteiger charge is 2.36. The number of aliphatic hydroxyl groups is 2. The predicted octanol–water partition coefficient (Wildman–Crippen LogP) is -9.69. The van der Waals surface area contributed by atoms with E-state index in [9.17, 15) is 103 Å². The molecule has 0 spiro atoms. The number of unbranched alkanes of at least 4 members (excludes halogenated alkanes) is 1. The highest BCUT2D eigenvalue weighted by molar-refractivity contribution is 5.99. The number of carbonyl (C=O) groups excluding carboxylic acids is 9. The van der Waals surface area contributed by atoms with Gasteiger partial charge < -0.3 is 123 Å². The Labute approximate surface area is 507 Å². The fraction of sp³-hybridized carbons (Fsp3) is 0.653. The predicted molar refractivity (Wildman–Crippen MR) is 304 cm³/mol. The Hall–Kier alpha value is -9.57. The molecule has 0 aromatic rings. The molecule has 9 amide bonds. The van der Waals surface area contributed by atoms with Gasteiger partial charge in [-0.3, -0.25) is 77.1 Å². The number of nitrogens with zero attached hydrogens (tertiary/aromatic N) is 2. The number of rotatable bonds is 48. The number of carbonyl (C=O) groups is 15. The van der Waals surface area contributed by atoms with E-state index < -0.39 is 239 Å². The second kappa shape index (κ2) is 43.1. The number of carboxylic acid groups (broad SMARTS) is 6. The first-order chi connectivity index (χ1) is 41.8. The molecule has 0 saturated carbocycles. The quantitative estimate of drug-likeness (QED) is 0.0153. The minimum Gasteiger partial charge on any atom is -0.481 e. The molecule has 0 rings (SSSR count). The molecule has 0 bridgehead atoms. The number of aliphatic imine (C=N–C) groups is 2. The lowest BCUT2D eigenvalue weighted by Crippen LogP contribution is -2.61. The van der Waals surface area contributed by atoms with E-state index in [1.807, 2.05) is 10.6 Å². The van der Waals surface area contributed by atoms with Gasteiger partial charge in [-0.1, -0.05) is 0 Å². The number of amides is 9. The fourth-order valence-electron chi connectivity index (χ4n) is 7.70. The molecule has 0 saturated heterocycles. The first-order valence-corrected chi connectivity index (χ1v) is 27.6. The highest BCUT2D eigenvalue weighted by Crippen LogP contribution is 2.11. The molecule has 0 fully saturated rings. The van der Waals surface area contributed by atoms with Gasteiger partial charge in [0, 0.05) is 45.2 Å². The SMILES string of the molecule is NCCCC[C@H](NC(=O)[C@@H](N)CCC(=O)O)C(=O)N[C@@H](CCC(=O)O)C(=O)N[C@@H](CCC(=O)O)C(=O)N[C@@H](CO)C(=O)N[C@@H](CCCN=C(N)N)C(=O)N[C@@H](CCCN=C(N)N)C(=O)N[C@@H](CCC(=O)O)C(=O)N[C@@H](CO)C(=O)N[C@@H](CCC(=O)O)C(=O)O. The van der Waals surface area contributed by atoms with Gasteiger partial charge in [0.05, 0.1) is 19.3 Å². The van der Waals surface area contributed by atoms with Crippen LogP contribution in [0.15, 0.2) is 9.98 Å². The van der Waals surface area contributed by atoms with Crippen LogP contribution in [0.4, 0.5) is 0 Å². The minimum atomic E-state index is -2.06. The maximum atomic E-state index is 14.2. The Morgan fingerprint density at radius 3 is 0.820 bits per heavy atom. The van der Waals surface area contributed by atoms with Gasteiger partial charge in [0.2, 0.25) is 53.2 Å². The van der Waals surface area contributed by atoms with Crippen molar-refractivity contribution in [1.29, 1.82) is 0 Å². The van der Waals surface area contributed by atoms with Crippen molar-refractivity contribution in [2.45, 2.75) is 170 Å². The molecule has 0 aliphatic rings. The minimum absolute atomic E-state index is 0.116. The van der Waals surface area contributed by atoms with E-state index in [4.69, 9.17) is 44.6 Å². The summed E-state index contributed by atoms with van der Waals surface area (Å²) in [6.45, 7) is -2.70. The van der Waals surface area contributed by atoms with Crippen LogP contribution in [0.1, 0.15) is 109 Å². The largest absolute Gasteiger partial charge is 0.481 e. The van der Waals surface area contributed by atoms with Crippen LogP contribution in [-0.4, -0.2) is 235 Å². The second-order valence-corrected chi connectivity index (χ2v) is 19.7. The van der Waals surface area contributed by atoms with Crippen LogP contribution < -0.4 is 82.3 Å². The van der Waals surface area contributed by atoms with E-state index in [1.54, 1.807) is 0 Å². The van der Waals surface area contributed by atoms with Gasteiger partial charge in [-0.15, -0.1) is 0 Å². The van der Waals surface area contributed by atoms with Crippen molar-refractivity contribution in [3.63, 3.8) is 0 Å². The third-order valence-corrected chi connectivity index (χ3v) is 12.5. The number of nitrogens with two attached hydrogens (primary N) is 6. The monoisotopic (exact) mass is 1280 g/mol. The van der Waals surface area contributed by atoms with Crippen molar-refractivity contribution in [3.8, 4) is 0 Å². The summed E-state index contributed by atoms with van der Waals surface area (Å²) in [6, 6.07) is -17.9. The number of aliphatic carboxylic acids is 6. The molecule has 0 radical (unpaired) electrons. The van der Waals surface area contributed by atoms with E-state index in [2.05, 4.69) is 47.2 Å². The third kappa shape index (κ3) is 35.0. The maximum absolute atomic E-state index is 14.2. The Morgan fingerprint density at radius 1 is 0.315 bits per heavy atom. The van der Waals surface area contributed by atoms with Crippen molar-refractivity contribution >= 4 is 101 Å². The van der Waals surface area contributed by atoms with Crippen LogP contribution in [0.3, 0.4) is 0 Å². The van der Waals surface area contributed by atoms with Crippen LogP contribution in [0.2, 0.25) is 0 Å². The summed E-state index contributed by atoms with van der Waals surface area (Å²) in [6.07, 6.45) is -7.38. The van der Waals surface area contributed by atoms with E-state index in [0.29, 0.717) is 6.42 Å². The van der Waals surface area contributed by atoms with Crippen LogP contribution in [0.5, 0.6) is 0 Å². The maximum Gasteiger partial charge on any atom is 0.326 e. The van der Waals surface area contributed by atoms with E-state index in [1.165, 1.54) is 0 Å². The molecule has 0 heterocycles. The zero-order valence-electron chi connectivity index (χ0n) is 48.4. The lowest BCUT2D eigenvalue weighted by atomic mass is 10.0. The molecule has 0 unspecified atom stereocenters. The Morgan fingerprint density at radius 2 is 0.551 bits per heavy atom. The number of guanidine groups is 2. The van der Waals surface area contributed by atoms with Gasteiger partial charge in [-0.05, 0) is 83.6 Å². The van der Waals surface area contributed by atoms with Crippen molar-refractivity contribution in [2.75, 3.05) is 32.8 Å². The Bertz CT molecular complexity index is 2510. The van der Waals surface area contributed by atoms with Crippen LogP contribution >= 0.6 is 0 Å². The van der Waals surface area contributed by atoms with Gasteiger partial charge >= 0.3 is 35.8 Å². The van der Waals surface area contributed by atoms with Crippen molar-refractivity contribution in [3.05, 3.63) is 0 Å². The second-order valence-electron chi connectivity index (χ2n) is 19.7. The molecule has 0 aliphatic heterocycles. The van der Waals surface area contributed by atoms with Crippen molar-refractivity contribution < 1.29 is 113 Å². The summed E-state index contributed by atoms with van der Waals surface area (Å²) in [5, 5.41) is 96.1. The van der Waals surface area contributed by atoms with Crippen LogP contribution in [0, 0.1) is 0 Å². The Kier molecular flexibility index (Phi) is 38.5. The van der Waals surface area contributed by atoms with E-state index in [-0.39, 0.29) is 58.2 Å². The highest BCUT2D eigenvalue weighted by atomic mass is 16.4. The average Bonchev–Trinajstić information content (AvgIpc) is 3.04. The van der Waals surface area contributed by atoms with E-state index in [0.717, 1.165) is 0 Å². The van der Waals surface area contributed by atoms with Crippen LogP contribution in [0.25, 0.3) is 0 Å². The number of carboxylic acids is 6. The number of hydrogen-bond donors (Lipinski definition) is 23. The smallest absolute Gasteiger partial charge is 0.326 e. The summed E-state index contributed by atoms with van der Waals surface area (Å²) >= 11 is 0. The van der Waals surface area contributed by atoms with Gasteiger partial charge in [-0.2, -0.15) is 0 Å². The topological polar surface area (TPSA) is 707 Å². The van der Waals surface area contributed by atoms with Crippen LogP contribution in [-0.2, 0) is 71.9 Å². The lowest BCUT2D eigenvalue weighted by Gasteiger charge is -2.28. The zero-order valence-corrected chi connectivity index (χ0v) is 48.4. The number of nitrogens with one attached hydrogen (secondary N) is 9. The molecule has 29 N–H and O–H groups in total. The summed E-state index contributed by atoms with van der Waals surface area (Å²) in [4.78, 5) is 200. The number of hydrogen-bond acceptors (Lipinski definition) is 21. The lowest BCUT2D eigenvalue weighted by molar-refractivity contribution is -0.144. The molecule has 10 atom stereocenters. The van der Waals surface area contributed by atoms with Gasteiger partial charge in [0.15, 0.2) is 11.9 Å². The van der Waals surface area contributed by atoms with Gasteiger partial charge in [0.25, 0.3) is 0 Å². The molecule has 0 aliphatic carbocycles. The summed E-state index contributed by atoms with van der Waals surface area (Å²) in [5.74, 6) is -20.8. The molecule has 40 nitrogen and oxygen atoms in total. The summed E-state index contributed by atoms with van der Waals surface area (Å²) < 4.78 is 0. The molecule has 502 valence electrons. The van der Waals surface area contributed by atoms with Gasteiger partial charge in [0.1, 0.15) is 54.4 Å². The third-order valence-electron chi connectivity index (χ3n) is 12.5.